The maximum absolute atomic E-state index is 9.65. The summed E-state index contributed by atoms with van der Waals surface area (Å²) in [6, 6.07) is 3.96. The molecule has 0 bridgehead atoms. The van der Waals surface area contributed by atoms with E-state index >= 15 is 0 Å². The second-order valence-electron chi connectivity index (χ2n) is 3.69. The fraction of sp³-hybridized carbons (Fsp3) is 0.455. The summed E-state index contributed by atoms with van der Waals surface area (Å²) in [6.07, 6.45) is 0.958. The van der Waals surface area contributed by atoms with Gasteiger partial charge < -0.3 is 9.76 Å². The predicted octanol–water partition coefficient (Wildman–Crippen LogP) is 2.37. The monoisotopic (exact) mass is 270 g/mol. The Morgan fingerprint density at radius 3 is 2.67 bits per heavy atom. The molecule has 0 heterocycles. The quantitative estimate of drug-likeness (QED) is 0.852. The van der Waals surface area contributed by atoms with Gasteiger partial charge in [0.15, 0.2) is 0 Å². The minimum absolute atomic E-state index is 0.506. The van der Waals surface area contributed by atoms with Crippen molar-refractivity contribution in [1.29, 1.82) is 0 Å². The van der Waals surface area contributed by atoms with Gasteiger partial charge in [-0.1, -0.05) is 25.4 Å². The average molecular weight is 271 g/mol. The van der Waals surface area contributed by atoms with Crippen molar-refractivity contribution in [2.75, 3.05) is 6.61 Å². The van der Waals surface area contributed by atoms with Gasteiger partial charge in [-0.05, 0) is 40.8 Å². The third-order valence-electron chi connectivity index (χ3n) is 2.12. The molecular formula is C11H16BBrO2. The highest BCUT2D eigenvalue weighted by Crippen LogP contribution is 2.24. The van der Waals surface area contributed by atoms with Gasteiger partial charge in [-0.25, -0.2) is 0 Å². The van der Waals surface area contributed by atoms with Crippen LogP contribution in [-0.4, -0.2) is 18.5 Å². The third-order valence-corrected chi connectivity index (χ3v) is 2.71. The molecule has 0 saturated carbocycles. The van der Waals surface area contributed by atoms with Gasteiger partial charge in [0.25, 0.3) is 0 Å². The van der Waals surface area contributed by atoms with E-state index in [2.05, 4.69) is 22.9 Å². The van der Waals surface area contributed by atoms with E-state index in [0.717, 1.165) is 27.7 Å². The summed E-state index contributed by atoms with van der Waals surface area (Å²) in [6.45, 7) is 5.97. The summed E-state index contributed by atoms with van der Waals surface area (Å²) in [5.74, 6) is 0.762. The zero-order valence-corrected chi connectivity index (χ0v) is 11.0. The molecule has 0 aliphatic carbocycles. The molecule has 0 atom stereocenters. The zero-order valence-electron chi connectivity index (χ0n) is 9.38. The van der Waals surface area contributed by atoms with Gasteiger partial charge in [-0.2, -0.15) is 0 Å². The lowest BCUT2D eigenvalue weighted by Crippen LogP contribution is -2.29. The Kier molecular flexibility index (Phi) is 4.67. The van der Waals surface area contributed by atoms with Crippen LogP contribution < -0.4 is 10.2 Å². The number of benzene rings is 1. The Morgan fingerprint density at radius 2 is 2.13 bits per heavy atom. The molecule has 0 aliphatic heterocycles. The maximum atomic E-state index is 9.65. The summed E-state index contributed by atoms with van der Waals surface area (Å²) in [5, 5.41) is 9.65. The fourth-order valence-corrected chi connectivity index (χ4v) is 2.13. The second-order valence-corrected chi connectivity index (χ2v) is 4.54. The van der Waals surface area contributed by atoms with Gasteiger partial charge in [0.1, 0.15) is 5.75 Å². The van der Waals surface area contributed by atoms with Crippen LogP contribution in [0.5, 0.6) is 5.75 Å². The van der Waals surface area contributed by atoms with E-state index in [-0.39, 0.29) is 0 Å². The average Bonchev–Trinajstić information content (AvgIpc) is 2.15. The molecule has 0 fully saturated rings. The Balaban J connectivity index is 3.09. The first-order chi connectivity index (χ1) is 7.06. The highest BCUT2D eigenvalue weighted by atomic mass is 79.9. The molecule has 1 aromatic carbocycles. The summed E-state index contributed by atoms with van der Waals surface area (Å²) in [7, 11) is 0. The lowest BCUT2D eigenvalue weighted by Gasteiger charge is -2.14. The van der Waals surface area contributed by atoms with Crippen molar-refractivity contribution < 1.29 is 9.76 Å². The topological polar surface area (TPSA) is 29.5 Å². The SMILES string of the molecule is CCCOc1c(Br)cc(C)cc1B(C)O. The number of hydrogen-bond donors (Lipinski definition) is 1. The molecule has 82 valence electrons. The number of ether oxygens (including phenoxy) is 1. The summed E-state index contributed by atoms with van der Waals surface area (Å²) < 4.78 is 6.54. The fourth-order valence-electron chi connectivity index (χ4n) is 1.42. The van der Waals surface area contributed by atoms with Gasteiger partial charge in [-0.15, -0.1) is 0 Å². The maximum Gasteiger partial charge on any atom is 0.324 e. The molecule has 0 saturated heterocycles. The molecule has 2 nitrogen and oxygen atoms in total. The van der Waals surface area contributed by atoms with E-state index < -0.39 is 6.92 Å². The molecular weight excluding hydrogens is 255 g/mol. The molecule has 0 amide bonds. The largest absolute Gasteiger partial charge is 0.493 e. The van der Waals surface area contributed by atoms with Crippen LogP contribution in [-0.2, 0) is 0 Å². The molecule has 1 N–H and O–H groups in total. The standard InChI is InChI=1S/C11H16BBrO2/c1-4-5-15-11-9(12(3)14)6-8(2)7-10(11)13/h6-7,14H,4-5H2,1-3H3. The van der Waals surface area contributed by atoms with Crippen molar-refractivity contribution in [3.63, 3.8) is 0 Å². The Bertz CT molecular complexity index is 340. The van der Waals surface area contributed by atoms with Gasteiger partial charge >= 0.3 is 6.92 Å². The molecule has 0 radical (unpaired) electrons. The third kappa shape index (κ3) is 3.25. The predicted molar refractivity (Wildman–Crippen MR) is 68.1 cm³/mol. The molecule has 0 spiro atoms. The van der Waals surface area contributed by atoms with Crippen molar-refractivity contribution in [3.8, 4) is 5.75 Å². The van der Waals surface area contributed by atoms with Crippen LogP contribution in [0.15, 0.2) is 16.6 Å². The van der Waals surface area contributed by atoms with E-state index in [1.165, 1.54) is 0 Å². The summed E-state index contributed by atoms with van der Waals surface area (Å²) >= 11 is 3.46. The van der Waals surface area contributed by atoms with Crippen molar-refractivity contribution >= 4 is 28.3 Å². The Morgan fingerprint density at radius 1 is 1.47 bits per heavy atom. The second kappa shape index (κ2) is 5.57. The first-order valence-electron chi connectivity index (χ1n) is 5.17. The smallest absolute Gasteiger partial charge is 0.324 e. The van der Waals surface area contributed by atoms with Gasteiger partial charge in [0, 0.05) is 0 Å². The molecule has 15 heavy (non-hydrogen) atoms. The van der Waals surface area contributed by atoms with Crippen LogP contribution in [0.25, 0.3) is 0 Å². The molecule has 1 aromatic rings. The molecule has 1 rings (SSSR count). The van der Waals surface area contributed by atoms with E-state index in [4.69, 9.17) is 4.74 Å². The van der Waals surface area contributed by atoms with Gasteiger partial charge in [0.2, 0.25) is 0 Å². The highest BCUT2D eigenvalue weighted by Gasteiger charge is 2.16. The zero-order chi connectivity index (χ0) is 11.4. The molecule has 0 unspecified atom stereocenters. The van der Waals surface area contributed by atoms with Crippen molar-refractivity contribution in [2.45, 2.75) is 27.1 Å². The van der Waals surface area contributed by atoms with E-state index in [1.807, 2.05) is 19.1 Å². The number of hydrogen-bond acceptors (Lipinski definition) is 2. The molecule has 0 aliphatic rings. The van der Waals surface area contributed by atoms with Crippen molar-refractivity contribution in [2.24, 2.45) is 0 Å². The van der Waals surface area contributed by atoms with E-state index in [0.29, 0.717) is 6.61 Å². The van der Waals surface area contributed by atoms with Gasteiger partial charge in [-0.3, -0.25) is 0 Å². The van der Waals surface area contributed by atoms with Crippen molar-refractivity contribution in [1.82, 2.24) is 0 Å². The number of aryl methyl sites for hydroxylation is 1. The Labute approximate surface area is 99.9 Å². The summed E-state index contributed by atoms with van der Waals surface area (Å²) in [4.78, 5) is 0. The van der Waals surface area contributed by atoms with Crippen LogP contribution in [0.4, 0.5) is 0 Å². The van der Waals surface area contributed by atoms with Crippen LogP contribution in [0, 0.1) is 6.92 Å². The first kappa shape index (κ1) is 12.6. The summed E-state index contributed by atoms with van der Waals surface area (Å²) in [5.41, 5.74) is 1.96. The van der Waals surface area contributed by atoms with Crippen molar-refractivity contribution in [3.05, 3.63) is 22.2 Å². The minimum atomic E-state index is -0.506. The Hall–Kier alpha value is -0.475. The van der Waals surface area contributed by atoms with Crippen LogP contribution in [0.3, 0.4) is 0 Å². The molecule has 0 aromatic heterocycles. The molecule has 4 heteroatoms. The number of rotatable bonds is 4. The van der Waals surface area contributed by atoms with Crippen LogP contribution in [0.2, 0.25) is 6.82 Å². The first-order valence-corrected chi connectivity index (χ1v) is 5.96. The van der Waals surface area contributed by atoms with E-state index in [9.17, 15) is 5.02 Å². The highest BCUT2D eigenvalue weighted by molar-refractivity contribution is 9.10. The normalized spacial score (nSPS) is 10.2. The minimum Gasteiger partial charge on any atom is -0.493 e. The number of halogens is 1. The van der Waals surface area contributed by atoms with Crippen LogP contribution >= 0.6 is 15.9 Å². The lowest BCUT2D eigenvalue weighted by molar-refractivity contribution is 0.317. The van der Waals surface area contributed by atoms with Gasteiger partial charge in [0.05, 0.1) is 11.1 Å². The lowest BCUT2D eigenvalue weighted by atomic mass is 9.63. The van der Waals surface area contributed by atoms with E-state index in [1.54, 1.807) is 6.82 Å². The van der Waals surface area contributed by atoms with Crippen LogP contribution in [0.1, 0.15) is 18.9 Å².